The summed E-state index contributed by atoms with van der Waals surface area (Å²) in [4.78, 5) is 0. The van der Waals surface area contributed by atoms with Crippen molar-refractivity contribution < 1.29 is 9.13 Å². The molecule has 2 rings (SSSR count). The molecule has 3 heteroatoms. The van der Waals surface area contributed by atoms with E-state index in [0.29, 0.717) is 17.1 Å². The first-order valence-electron chi connectivity index (χ1n) is 3.96. The van der Waals surface area contributed by atoms with E-state index in [2.05, 4.69) is 0 Å². The second-order valence-corrected chi connectivity index (χ2v) is 4.59. The molecule has 1 aliphatic rings. The van der Waals surface area contributed by atoms with E-state index in [4.69, 9.17) is 4.74 Å². The first kappa shape index (κ1) is 8.12. The molecule has 1 heterocycles. The molecule has 0 spiro atoms. The van der Waals surface area contributed by atoms with Crippen LogP contribution in [0.1, 0.15) is 16.7 Å². The zero-order chi connectivity index (χ0) is 8.55. The molecule has 1 aliphatic heterocycles. The van der Waals surface area contributed by atoms with Crippen LogP contribution in [0.3, 0.4) is 0 Å². The average molecular weight is 228 g/mol. The van der Waals surface area contributed by atoms with Crippen LogP contribution in [-0.2, 0) is 0 Å². The van der Waals surface area contributed by atoms with E-state index in [1.807, 2.05) is 6.07 Å². The molecule has 0 aromatic heterocycles. The van der Waals surface area contributed by atoms with E-state index in [9.17, 15) is 4.39 Å². The number of para-hydroxylation sites is 1. The van der Waals surface area contributed by atoms with E-state index in [1.165, 1.54) is 6.07 Å². The van der Waals surface area contributed by atoms with Crippen molar-refractivity contribution in [3.05, 3.63) is 29.6 Å². The van der Waals surface area contributed by atoms with E-state index in [0.717, 1.165) is 12.0 Å². The summed E-state index contributed by atoms with van der Waals surface area (Å²) in [6.45, 7) is 0.650. The van der Waals surface area contributed by atoms with Crippen molar-refractivity contribution in [1.82, 2.24) is 0 Å². The predicted octanol–water partition coefficient (Wildman–Crippen LogP) is 1.28. The van der Waals surface area contributed by atoms with Crippen molar-refractivity contribution in [3.8, 4) is 5.75 Å². The number of benzene rings is 1. The van der Waals surface area contributed by atoms with Crippen molar-refractivity contribution in [2.24, 2.45) is 0 Å². The summed E-state index contributed by atoms with van der Waals surface area (Å²) in [5.74, 6) is 0.243. The molecule has 2 unspecified atom stereocenters. The fourth-order valence-electron chi connectivity index (χ4n) is 1.41. The monoisotopic (exact) mass is 228 g/mol. The topological polar surface area (TPSA) is 9.23 Å². The van der Waals surface area contributed by atoms with Crippen LogP contribution in [0.25, 0.3) is 0 Å². The van der Waals surface area contributed by atoms with Crippen molar-refractivity contribution in [2.45, 2.75) is 11.1 Å². The first-order chi connectivity index (χ1) is 5.79. The Morgan fingerprint density at radius 2 is 2.33 bits per heavy atom. The zero-order valence-electron chi connectivity index (χ0n) is 6.59. The Morgan fingerprint density at radius 1 is 1.50 bits per heavy atom. The fourth-order valence-corrected chi connectivity index (χ4v) is 2.25. The van der Waals surface area contributed by atoms with Crippen LogP contribution in [0.4, 0.5) is 4.39 Å². The molecule has 0 radical (unpaired) electrons. The van der Waals surface area contributed by atoms with Gasteiger partial charge in [-0.15, -0.1) is 0 Å². The summed E-state index contributed by atoms with van der Waals surface area (Å²) >= 11 is 1.64. The summed E-state index contributed by atoms with van der Waals surface area (Å²) in [6, 6.07) is 5.14. The molecule has 0 saturated carbocycles. The maximum atomic E-state index is 13.1. The van der Waals surface area contributed by atoms with Gasteiger partial charge in [-0.2, -0.15) is 0 Å². The summed E-state index contributed by atoms with van der Waals surface area (Å²) in [5.41, 5.74) is 1.03. The van der Waals surface area contributed by atoms with Gasteiger partial charge in [-0.3, -0.25) is 0 Å². The van der Waals surface area contributed by atoms with Crippen LogP contribution in [0.2, 0.25) is 0 Å². The molecule has 64 valence electrons. The molecule has 0 saturated heterocycles. The molecular weight excluding hydrogens is 218 g/mol. The molecule has 0 amide bonds. The summed E-state index contributed by atoms with van der Waals surface area (Å²) < 4.78 is 18.9. The van der Waals surface area contributed by atoms with Crippen LogP contribution in [0.15, 0.2) is 18.2 Å². The Kier molecular flexibility index (Phi) is 2.10. The molecule has 12 heavy (non-hydrogen) atoms. The number of hydrogen-bond acceptors (Lipinski definition) is 1. The average Bonchev–Trinajstić information content (AvgIpc) is 2.07. The van der Waals surface area contributed by atoms with E-state index in [-0.39, 0.29) is 5.82 Å². The molecule has 0 bridgehead atoms. The minimum absolute atomic E-state index is 0.227. The van der Waals surface area contributed by atoms with Crippen LogP contribution >= 0.6 is 0 Å². The number of halogens is 1. The first-order valence-corrected chi connectivity index (χ1v) is 5.35. The number of ether oxygens (including phenoxy) is 1. The van der Waals surface area contributed by atoms with E-state index < -0.39 is 0 Å². The molecule has 0 fully saturated rings. The van der Waals surface area contributed by atoms with Crippen LogP contribution < -0.4 is 4.74 Å². The van der Waals surface area contributed by atoms with Gasteiger partial charge in [0.25, 0.3) is 0 Å². The van der Waals surface area contributed by atoms with Gasteiger partial charge in [0.2, 0.25) is 0 Å². The van der Waals surface area contributed by atoms with E-state index in [1.54, 1.807) is 22.9 Å². The van der Waals surface area contributed by atoms with Crippen molar-refractivity contribution in [1.29, 1.82) is 0 Å². The molecule has 1 nitrogen and oxygen atoms in total. The Hall–Kier alpha value is -0.492. The minimum atomic E-state index is -0.227. The Labute approximate surface area is 79.4 Å². The Bertz CT molecular complexity index is 301. The van der Waals surface area contributed by atoms with Gasteiger partial charge in [0.15, 0.2) is 0 Å². The van der Waals surface area contributed by atoms with Gasteiger partial charge >= 0.3 is 79.0 Å². The molecule has 2 atom stereocenters. The second-order valence-electron chi connectivity index (χ2n) is 2.90. The zero-order valence-corrected chi connectivity index (χ0v) is 9.01. The normalized spacial score (nSPS) is 21.3. The van der Waals surface area contributed by atoms with E-state index >= 15 is 0 Å². The van der Waals surface area contributed by atoms with Crippen molar-refractivity contribution in [2.75, 3.05) is 6.61 Å². The molecule has 0 N–H and O–H groups in total. The van der Waals surface area contributed by atoms with Crippen LogP contribution in [0, 0.1) is 5.82 Å². The summed E-state index contributed by atoms with van der Waals surface area (Å²) in [7, 11) is 0. The quantitative estimate of drug-likeness (QED) is 0.608. The third-order valence-electron chi connectivity index (χ3n) is 2.07. The van der Waals surface area contributed by atoms with Gasteiger partial charge < -0.3 is 0 Å². The third kappa shape index (κ3) is 1.25. The molecular formula is C9H10AsFO. The van der Waals surface area contributed by atoms with Crippen LogP contribution in [-0.4, -0.2) is 23.5 Å². The molecule has 0 aliphatic carbocycles. The number of rotatable bonds is 0. The van der Waals surface area contributed by atoms with Gasteiger partial charge in [0.1, 0.15) is 0 Å². The summed E-state index contributed by atoms with van der Waals surface area (Å²) in [5, 5.41) is 0. The van der Waals surface area contributed by atoms with Gasteiger partial charge in [-0.1, -0.05) is 0 Å². The van der Waals surface area contributed by atoms with Gasteiger partial charge in [0, 0.05) is 0 Å². The van der Waals surface area contributed by atoms with Gasteiger partial charge in [0.05, 0.1) is 0 Å². The number of hydrogen-bond donors (Lipinski definition) is 0. The molecule has 1 aromatic rings. The predicted molar refractivity (Wildman–Crippen MR) is 47.8 cm³/mol. The second kappa shape index (κ2) is 3.10. The third-order valence-corrected chi connectivity index (χ3v) is 3.52. The van der Waals surface area contributed by atoms with Crippen LogP contribution in [0.5, 0.6) is 5.75 Å². The van der Waals surface area contributed by atoms with Crippen molar-refractivity contribution in [3.63, 3.8) is 0 Å². The molecule has 1 aromatic carbocycles. The van der Waals surface area contributed by atoms with Crippen molar-refractivity contribution >= 4 is 16.9 Å². The number of fused-ring (bicyclic) bond motifs is 1. The Balaban J connectivity index is 2.52. The fraction of sp³-hybridized carbons (Fsp3) is 0.333. The summed E-state index contributed by atoms with van der Waals surface area (Å²) in [6.07, 6.45) is 1.01. The van der Waals surface area contributed by atoms with Gasteiger partial charge in [-0.25, -0.2) is 0 Å². The Morgan fingerprint density at radius 3 is 3.08 bits per heavy atom. The SMILES string of the molecule is Fc1cccc2c1OCCC2[AsH2]. The standard InChI is InChI=1S/C9H10AsFO/c10-7-4-5-12-9-6(7)2-1-3-8(9)11/h1-3,7H,4-5,10H2. The maximum absolute atomic E-state index is 13.1. The van der Waals surface area contributed by atoms with Gasteiger partial charge in [-0.05, 0) is 0 Å².